The van der Waals surface area contributed by atoms with Crippen LogP contribution in [0.4, 0.5) is 5.69 Å². The Morgan fingerprint density at radius 2 is 1.80 bits per heavy atom. The second-order valence-electron chi connectivity index (χ2n) is 10.2. The third-order valence-electron chi connectivity index (χ3n) is 6.90. The van der Waals surface area contributed by atoms with Crippen LogP contribution in [0.15, 0.2) is 47.3 Å². The summed E-state index contributed by atoms with van der Waals surface area (Å²) in [4.78, 5) is 49.2. The fraction of sp³-hybridized carbons (Fsp3) is 0.250. The quantitative estimate of drug-likeness (QED) is 0.323. The lowest BCUT2D eigenvalue weighted by atomic mass is 10.00. The summed E-state index contributed by atoms with van der Waals surface area (Å²) >= 11 is 6.01. The van der Waals surface area contributed by atoms with Crippen LogP contribution in [0.3, 0.4) is 0 Å². The zero-order chi connectivity index (χ0) is 29.8. The molecule has 0 radical (unpaired) electrons. The smallest absolute Gasteiger partial charge is 0.285 e. The van der Waals surface area contributed by atoms with Gasteiger partial charge in [0, 0.05) is 37.3 Å². The van der Waals surface area contributed by atoms with E-state index in [1.807, 2.05) is 30.7 Å². The molecule has 2 aromatic carbocycles. The summed E-state index contributed by atoms with van der Waals surface area (Å²) in [6, 6.07) is 11.6. The van der Waals surface area contributed by atoms with Crippen molar-refractivity contribution in [1.82, 2.24) is 24.2 Å². The zero-order valence-electron chi connectivity index (χ0n) is 22.9. The number of nitrogens with one attached hydrogen (secondary N) is 2. The number of nitrogens with zero attached hydrogens (tertiary/aromatic N) is 4. The first kappa shape index (κ1) is 28.2. The average Bonchev–Trinajstić information content (AvgIpc) is 3.18. The van der Waals surface area contributed by atoms with E-state index >= 15 is 0 Å². The molecule has 11 nitrogen and oxygen atoms in total. The number of rotatable bonds is 6. The summed E-state index contributed by atoms with van der Waals surface area (Å²) < 4.78 is 26.7. The number of aryl methyl sites for hydroxylation is 1. The second-order valence-corrected chi connectivity index (χ2v) is 12.3. The zero-order valence-corrected chi connectivity index (χ0v) is 24.5. The van der Waals surface area contributed by atoms with Crippen LogP contribution in [0.1, 0.15) is 50.5 Å². The van der Waals surface area contributed by atoms with E-state index in [9.17, 15) is 22.8 Å². The molecule has 1 aliphatic rings. The normalized spacial score (nSPS) is 13.8. The number of amides is 2. The topological polar surface area (TPSA) is 143 Å². The Bertz CT molecular complexity index is 1940. The number of hydrogen-bond donors (Lipinski definition) is 2. The van der Waals surface area contributed by atoms with Crippen molar-refractivity contribution in [2.45, 2.75) is 26.4 Å². The highest BCUT2D eigenvalue weighted by atomic mass is 35.5. The van der Waals surface area contributed by atoms with Crippen molar-refractivity contribution in [3.05, 3.63) is 85.9 Å². The predicted octanol–water partition coefficient (Wildman–Crippen LogP) is 3.41. The summed E-state index contributed by atoms with van der Waals surface area (Å²) in [6.07, 6.45) is 0.866. The van der Waals surface area contributed by atoms with Gasteiger partial charge in [0.2, 0.25) is 10.0 Å². The first-order chi connectivity index (χ1) is 19.2. The van der Waals surface area contributed by atoms with E-state index in [-0.39, 0.29) is 28.0 Å². The minimum absolute atomic E-state index is 0.0138. The van der Waals surface area contributed by atoms with Crippen molar-refractivity contribution < 1.29 is 18.0 Å². The number of aromatic nitrogens is 3. The SMILES string of the molecule is Cc1cc([C@@H](C)Nc2ccc(Cl)nc2C(=O)NS(C)(=O)=O)c2nc(-c3ccc4c(c3)CN(C)C4=O)n(C)c(=O)c2c1. The van der Waals surface area contributed by atoms with Gasteiger partial charge in [-0.2, -0.15) is 0 Å². The van der Waals surface area contributed by atoms with Gasteiger partial charge in [0.25, 0.3) is 17.4 Å². The van der Waals surface area contributed by atoms with E-state index in [0.29, 0.717) is 40.0 Å². The number of sulfonamides is 1. The van der Waals surface area contributed by atoms with Crippen molar-refractivity contribution in [2.75, 3.05) is 18.6 Å². The van der Waals surface area contributed by atoms with Crippen molar-refractivity contribution >= 4 is 50.0 Å². The van der Waals surface area contributed by atoms with Gasteiger partial charge in [-0.1, -0.05) is 23.7 Å². The largest absolute Gasteiger partial charge is 0.377 e. The number of carbonyl (C=O) groups excluding carboxylic acids is 2. The van der Waals surface area contributed by atoms with E-state index in [1.54, 1.807) is 37.2 Å². The number of benzene rings is 2. The lowest BCUT2D eigenvalue weighted by molar-refractivity contribution is 0.0816. The third-order valence-corrected chi connectivity index (χ3v) is 7.66. The molecule has 4 aromatic rings. The molecule has 2 aromatic heterocycles. The van der Waals surface area contributed by atoms with Gasteiger partial charge in [-0.05, 0) is 55.3 Å². The fourth-order valence-corrected chi connectivity index (χ4v) is 5.58. The van der Waals surface area contributed by atoms with Crippen molar-refractivity contribution in [3.63, 3.8) is 0 Å². The van der Waals surface area contributed by atoms with Crippen LogP contribution < -0.4 is 15.6 Å². The molecule has 1 aliphatic heterocycles. The monoisotopic (exact) mass is 594 g/mol. The molecule has 3 heterocycles. The van der Waals surface area contributed by atoms with Crippen LogP contribution in [0.25, 0.3) is 22.3 Å². The minimum atomic E-state index is -3.84. The maximum absolute atomic E-state index is 13.6. The number of anilines is 1. The highest BCUT2D eigenvalue weighted by molar-refractivity contribution is 7.89. The molecule has 0 aliphatic carbocycles. The molecule has 0 saturated heterocycles. The molecule has 13 heteroatoms. The number of carbonyl (C=O) groups is 2. The van der Waals surface area contributed by atoms with E-state index in [2.05, 4.69) is 10.3 Å². The van der Waals surface area contributed by atoms with Gasteiger partial charge in [0.15, 0.2) is 5.69 Å². The standard InChI is InChI=1S/C28H27ClN6O5S/c1-14-10-19(15(2)30-21-8-9-22(29)31-24(21)26(36)33-41(5,39)40)23-20(11-14)28(38)35(4)25(32-23)16-6-7-18-17(12-16)13-34(3)27(18)37/h6-12,15,30H,13H2,1-5H3,(H,33,36)/t15-/m1/s1. The summed E-state index contributed by atoms with van der Waals surface area (Å²) in [7, 11) is -0.450. The first-order valence-corrected chi connectivity index (χ1v) is 14.9. The van der Waals surface area contributed by atoms with Gasteiger partial charge in [-0.15, -0.1) is 0 Å². The molecule has 0 fully saturated rings. The lowest BCUT2D eigenvalue weighted by Gasteiger charge is -2.20. The summed E-state index contributed by atoms with van der Waals surface area (Å²) in [5, 5.41) is 3.64. The molecule has 0 saturated carbocycles. The molecule has 2 N–H and O–H groups in total. The van der Waals surface area contributed by atoms with E-state index in [4.69, 9.17) is 16.6 Å². The summed E-state index contributed by atoms with van der Waals surface area (Å²) in [5.41, 5.74) is 3.96. The predicted molar refractivity (Wildman–Crippen MR) is 157 cm³/mol. The highest BCUT2D eigenvalue weighted by Crippen LogP contribution is 2.31. The Hall–Kier alpha value is -4.29. The lowest BCUT2D eigenvalue weighted by Crippen LogP contribution is -2.31. The average molecular weight is 595 g/mol. The summed E-state index contributed by atoms with van der Waals surface area (Å²) in [6.45, 7) is 4.17. The van der Waals surface area contributed by atoms with Crippen LogP contribution in [0.2, 0.25) is 5.15 Å². The van der Waals surface area contributed by atoms with E-state index < -0.39 is 22.0 Å². The molecular weight excluding hydrogens is 568 g/mol. The van der Waals surface area contributed by atoms with Gasteiger partial charge in [0.05, 0.1) is 28.9 Å². The van der Waals surface area contributed by atoms with Gasteiger partial charge >= 0.3 is 0 Å². The molecule has 0 unspecified atom stereocenters. The van der Waals surface area contributed by atoms with Crippen LogP contribution in [-0.4, -0.2) is 53.0 Å². The molecule has 5 rings (SSSR count). The van der Waals surface area contributed by atoms with Crippen LogP contribution in [-0.2, 0) is 23.6 Å². The Balaban J connectivity index is 1.61. The number of fused-ring (bicyclic) bond motifs is 2. The molecular formula is C28H27ClN6O5S. The number of pyridine rings is 1. The van der Waals surface area contributed by atoms with Crippen molar-refractivity contribution in [3.8, 4) is 11.4 Å². The van der Waals surface area contributed by atoms with E-state index in [1.165, 1.54) is 16.7 Å². The minimum Gasteiger partial charge on any atom is -0.377 e. The molecule has 2 amide bonds. The maximum Gasteiger partial charge on any atom is 0.285 e. The molecule has 212 valence electrons. The molecule has 0 bridgehead atoms. The fourth-order valence-electron chi connectivity index (χ4n) is 5.00. The highest BCUT2D eigenvalue weighted by Gasteiger charge is 2.26. The van der Waals surface area contributed by atoms with Crippen LogP contribution in [0, 0.1) is 6.92 Å². The third kappa shape index (κ3) is 5.40. The van der Waals surface area contributed by atoms with E-state index in [0.717, 1.165) is 17.4 Å². The Labute approximate surface area is 241 Å². The molecule has 0 spiro atoms. The van der Waals surface area contributed by atoms with Gasteiger partial charge in [0.1, 0.15) is 11.0 Å². The van der Waals surface area contributed by atoms with Gasteiger partial charge < -0.3 is 10.2 Å². The summed E-state index contributed by atoms with van der Waals surface area (Å²) in [5.74, 6) is -0.550. The first-order valence-electron chi connectivity index (χ1n) is 12.6. The van der Waals surface area contributed by atoms with Crippen LogP contribution in [0.5, 0.6) is 0 Å². The van der Waals surface area contributed by atoms with Gasteiger partial charge in [-0.25, -0.2) is 23.1 Å². The van der Waals surface area contributed by atoms with Crippen molar-refractivity contribution in [1.29, 1.82) is 0 Å². The Kier molecular flexibility index (Phi) is 7.08. The Morgan fingerprint density at radius 3 is 2.51 bits per heavy atom. The molecule has 1 atom stereocenters. The van der Waals surface area contributed by atoms with Gasteiger partial charge in [-0.3, -0.25) is 19.0 Å². The number of halogens is 1. The maximum atomic E-state index is 13.6. The van der Waals surface area contributed by atoms with Crippen LogP contribution >= 0.6 is 11.6 Å². The van der Waals surface area contributed by atoms with Crippen molar-refractivity contribution in [2.24, 2.45) is 7.05 Å². The second kappa shape index (κ2) is 10.3. The Morgan fingerprint density at radius 1 is 1.07 bits per heavy atom. The molecule has 41 heavy (non-hydrogen) atoms. The number of hydrogen-bond acceptors (Lipinski definition) is 8.